The molecule has 9 heteroatoms. The molecule has 0 bridgehead atoms. The topological polar surface area (TPSA) is 110 Å². The number of hydrogen-bond donors (Lipinski definition) is 2. The predicted octanol–water partition coefficient (Wildman–Crippen LogP) is 4.40. The molecule has 8 nitrogen and oxygen atoms in total. The number of rotatable bonds is 8. The van der Waals surface area contributed by atoms with E-state index in [1.54, 1.807) is 36.7 Å². The lowest BCUT2D eigenvalue weighted by Gasteiger charge is -2.11. The Kier molecular flexibility index (Phi) is 7.52. The smallest absolute Gasteiger partial charge is 0.251 e. The zero-order valence-electron chi connectivity index (χ0n) is 19.3. The lowest BCUT2D eigenvalue weighted by Crippen LogP contribution is -2.27. The fourth-order valence-corrected chi connectivity index (χ4v) is 3.45. The van der Waals surface area contributed by atoms with Crippen molar-refractivity contribution in [1.29, 1.82) is 0 Å². The van der Waals surface area contributed by atoms with Gasteiger partial charge in [-0.25, -0.2) is 9.97 Å². The van der Waals surface area contributed by atoms with Crippen molar-refractivity contribution >= 4 is 17.5 Å². The highest BCUT2D eigenvalue weighted by atomic mass is 35.5. The van der Waals surface area contributed by atoms with Gasteiger partial charge in [0.25, 0.3) is 5.56 Å². The second-order valence-electron chi connectivity index (χ2n) is 8.16. The average molecular weight is 490 g/mol. The molecule has 0 aliphatic heterocycles. The molecule has 1 aromatic carbocycles. The van der Waals surface area contributed by atoms with Crippen molar-refractivity contribution in [2.24, 2.45) is 5.92 Å². The van der Waals surface area contributed by atoms with Crippen LogP contribution in [-0.4, -0.2) is 25.8 Å². The molecule has 0 aliphatic rings. The van der Waals surface area contributed by atoms with E-state index in [-0.39, 0.29) is 17.4 Å². The molecule has 4 aromatic rings. The van der Waals surface area contributed by atoms with E-state index in [9.17, 15) is 9.59 Å². The van der Waals surface area contributed by atoms with E-state index in [1.165, 1.54) is 6.07 Å². The summed E-state index contributed by atoms with van der Waals surface area (Å²) >= 11 is 6.42. The molecule has 0 radical (unpaired) electrons. The first-order valence-corrected chi connectivity index (χ1v) is 11.4. The van der Waals surface area contributed by atoms with Crippen molar-refractivity contribution in [2.45, 2.75) is 27.0 Å². The summed E-state index contributed by atoms with van der Waals surface area (Å²) in [5, 5.41) is 3.30. The van der Waals surface area contributed by atoms with Gasteiger partial charge in [0.15, 0.2) is 0 Å². The second kappa shape index (κ2) is 10.9. The number of amides is 1. The normalized spacial score (nSPS) is 10.9. The molecule has 35 heavy (non-hydrogen) atoms. The molecular weight excluding hydrogens is 466 g/mol. The van der Waals surface area contributed by atoms with Crippen LogP contribution in [0.5, 0.6) is 5.88 Å². The molecule has 0 saturated carbocycles. The van der Waals surface area contributed by atoms with Gasteiger partial charge < -0.3 is 15.0 Å². The third-order valence-electron chi connectivity index (χ3n) is 5.14. The molecule has 4 rings (SSSR count). The maximum atomic E-state index is 12.4. The van der Waals surface area contributed by atoms with Crippen molar-refractivity contribution in [3.8, 4) is 28.5 Å². The van der Waals surface area contributed by atoms with Gasteiger partial charge in [-0.2, -0.15) is 0 Å². The van der Waals surface area contributed by atoms with Crippen LogP contribution in [0.2, 0.25) is 5.02 Å². The summed E-state index contributed by atoms with van der Waals surface area (Å²) in [6.07, 6.45) is 3.30. The van der Waals surface area contributed by atoms with Crippen molar-refractivity contribution in [2.75, 3.05) is 0 Å². The SMILES string of the molecule is CC(C)C(=O)NCc1ccc(Cl)c(-c2nc(-c3ccc(OCc4ccccn4)nc3)cc(=O)[nH]2)c1. The lowest BCUT2D eigenvalue weighted by atomic mass is 10.1. The quantitative estimate of drug-likeness (QED) is 0.379. The Morgan fingerprint density at radius 3 is 2.69 bits per heavy atom. The molecule has 0 fully saturated rings. The zero-order chi connectivity index (χ0) is 24.8. The molecule has 178 valence electrons. The Hall–Kier alpha value is -4.04. The number of carbonyl (C=O) groups is 1. The summed E-state index contributed by atoms with van der Waals surface area (Å²) in [7, 11) is 0. The Bertz CT molecular complexity index is 1370. The van der Waals surface area contributed by atoms with E-state index < -0.39 is 0 Å². The summed E-state index contributed by atoms with van der Waals surface area (Å²) in [5.41, 5.74) is 2.96. The van der Waals surface area contributed by atoms with Crippen molar-refractivity contribution in [3.63, 3.8) is 0 Å². The summed E-state index contributed by atoms with van der Waals surface area (Å²) in [6.45, 7) is 4.30. The number of aromatic nitrogens is 4. The van der Waals surface area contributed by atoms with Gasteiger partial charge in [-0.1, -0.05) is 37.6 Å². The van der Waals surface area contributed by atoms with Crippen LogP contribution < -0.4 is 15.6 Å². The van der Waals surface area contributed by atoms with Gasteiger partial charge >= 0.3 is 0 Å². The molecule has 0 unspecified atom stereocenters. The van der Waals surface area contributed by atoms with Gasteiger partial charge in [-0.05, 0) is 35.9 Å². The number of halogens is 1. The van der Waals surface area contributed by atoms with Crippen LogP contribution >= 0.6 is 11.6 Å². The number of H-pyrrole nitrogens is 1. The molecule has 0 spiro atoms. The first kappa shape index (κ1) is 24.1. The highest BCUT2D eigenvalue weighted by Gasteiger charge is 2.12. The van der Waals surface area contributed by atoms with Crippen molar-refractivity contribution in [1.82, 2.24) is 25.3 Å². The Morgan fingerprint density at radius 1 is 1.11 bits per heavy atom. The van der Waals surface area contributed by atoms with Crippen LogP contribution in [0.3, 0.4) is 0 Å². The number of carbonyl (C=O) groups excluding carboxylic acids is 1. The van der Waals surface area contributed by atoms with E-state index in [2.05, 4.69) is 25.3 Å². The van der Waals surface area contributed by atoms with Crippen LogP contribution in [0.4, 0.5) is 0 Å². The third-order valence-corrected chi connectivity index (χ3v) is 5.47. The van der Waals surface area contributed by atoms with Crippen LogP contribution in [0.15, 0.2) is 71.8 Å². The monoisotopic (exact) mass is 489 g/mol. The maximum Gasteiger partial charge on any atom is 0.251 e. The van der Waals surface area contributed by atoms with Crippen LogP contribution in [0, 0.1) is 5.92 Å². The number of pyridine rings is 2. The molecule has 3 heterocycles. The number of aromatic amines is 1. The fraction of sp³-hybridized carbons (Fsp3) is 0.192. The molecule has 3 aromatic heterocycles. The summed E-state index contributed by atoms with van der Waals surface area (Å²) in [6, 6.07) is 15.8. The number of ether oxygens (including phenoxy) is 1. The van der Waals surface area contributed by atoms with E-state index in [0.29, 0.717) is 46.7 Å². The van der Waals surface area contributed by atoms with Gasteiger partial charge in [-0.15, -0.1) is 0 Å². The number of nitrogens with one attached hydrogen (secondary N) is 2. The van der Waals surface area contributed by atoms with Crippen LogP contribution in [0.1, 0.15) is 25.1 Å². The number of hydrogen-bond acceptors (Lipinski definition) is 6. The summed E-state index contributed by atoms with van der Waals surface area (Å²) in [4.78, 5) is 40.2. The van der Waals surface area contributed by atoms with Gasteiger partial charge in [0, 0.05) is 48.1 Å². The Balaban J connectivity index is 1.54. The number of nitrogens with zero attached hydrogens (tertiary/aromatic N) is 3. The van der Waals surface area contributed by atoms with Crippen LogP contribution in [0.25, 0.3) is 22.6 Å². The predicted molar refractivity (Wildman–Crippen MR) is 134 cm³/mol. The highest BCUT2D eigenvalue weighted by molar-refractivity contribution is 6.33. The lowest BCUT2D eigenvalue weighted by molar-refractivity contribution is -0.124. The van der Waals surface area contributed by atoms with Gasteiger partial charge in [-0.3, -0.25) is 14.6 Å². The van der Waals surface area contributed by atoms with Gasteiger partial charge in [0.2, 0.25) is 11.8 Å². The Morgan fingerprint density at radius 2 is 1.97 bits per heavy atom. The zero-order valence-corrected chi connectivity index (χ0v) is 20.0. The molecule has 1 amide bonds. The molecule has 0 aliphatic carbocycles. The molecule has 0 atom stereocenters. The first-order chi connectivity index (χ1) is 16.9. The average Bonchev–Trinajstić information content (AvgIpc) is 2.87. The van der Waals surface area contributed by atoms with E-state index in [4.69, 9.17) is 16.3 Å². The molecular formula is C26H24ClN5O3. The maximum absolute atomic E-state index is 12.4. The minimum atomic E-state index is -0.324. The highest BCUT2D eigenvalue weighted by Crippen LogP contribution is 2.27. The van der Waals surface area contributed by atoms with Gasteiger partial charge in [0.1, 0.15) is 12.4 Å². The molecule has 2 N–H and O–H groups in total. The number of benzene rings is 1. The summed E-state index contributed by atoms with van der Waals surface area (Å²) in [5.74, 6) is 0.598. The minimum absolute atomic E-state index is 0.0463. The van der Waals surface area contributed by atoms with E-state index in [1.807, 2.05) is 38.1 Å². The van der Waals surface area contributed by atoms with E-state index in [0.717, 1.165) is 11.3 Å². The second-order valence-corrected chi connectivity index (χ2v) is 8.57. The van der Waals surface area contributed by atoms with Crippen molar-refractivity contribution in [3.05, 3.63) is 93.6 Å². The van der Waals surface area contributed by atoms with E-state index >= 15 is 0 Å². The largest absolute Gasteiger partial charge is 0.471 e. The van der Waals surface area contributed by atoms with Gasteiger partial charge in [0.05, 0.1) is 16.4 Å². The third kappa shape index (κ3) is 6.30. The minimum Gasteiger partial charge on any atom is -0.471 e. The fourth-order valence-electron chi connectivity index (χ4n) is 3.24. The summed E-state index contributed by atoms with van der Waals surface area (Å²) < 4.78 is 5.67. The molecule has 0 saturated heterocycles. The first-order valence-electron chi connectivity index (χ1n) is 11.1. The van der Waals surface area contributed by atoms with Crippen molar-refractivity contribution < 1.29 is 9.53 Å². The van der Waals surface area contributed by atoms with Crippen LogP contribution in [-0.2, 0) is 17.9 Å². The standard InChI is InChI=1S/C26H24ClN5O3/c1-16(2)26(34)30-13-17-6-8-21(27)20(11-17)25-31-22(12-23(33)32-25)18-7-9-24(29-14-18)35-15-19-5-3-4-10-28-19/h3-12,14,16H,13,15H2,1-2H3,(H,30,34)(H,31,32,33). The Labute approximate surface area is 207 Å².